The van der Waals surface area contributed by atoms with Crippen LogP contribution in [0.25, 0.3) is 0 Å². The Kier molecular flexibility index (Phi) is 19.6. The lowest BCUT2D eigenvalue weighted by Gasteiger charge is -2.43. The van der Waals surface area contributed by atoms with Crippen molar-refractivity contribution < 1.29 is 19.4 Å². The second kappa shape index (κ2) is 24.8. The Morgan fingerprint density at radius 3 is 1.95 bits per heavy atom. The van der Waals surface area contributed by atoms with E-state index in [9.17, 15) is 14.7 Å². The van der Waals surface area contributed by atoms with Gasteiger partial charge in [0.2, 0.25) is 11.8 Å². The average molecular weight is 783 g/mol. The number of amides is 2. The van der Waals surface area contributed by atoms with E-state index in [1.54, 1.807) is 0 Å². The Morgan fingerprint density at radius 1 is 0.679 bits per heavy atom. The molecule has 2 amide bonds. The second-order valence-corrected chi connectivity index (χ2v) is 19.9. The van der Waals surface area contributed by atoms with E-state index in [0.29, 0.717) is 51.2 Å². The average Bonchev–Trinajstić information content (AvgIpc) is 3.23. The molecule has 4 aliphatic carbocycles. The summed E-state index contributed by atoms with van der Waals surface area (Å²) in [6, 6.07) is 0.234. The largest absolute Gasteiger partial charge is 0.389 e. The van der Waals surface area contributed by atoms with Crippen LogP contribution in [0.1, 0.15) is 199 Å². The molecule has 8 nitrogen and oxygen atoms in total. The molecule has 6 rings (SSSR count). The van der Waals surface area contributed by atoms with Crippen molar-refractivity contribution >= 4 is 11.8 Å². The molecule has 2 heterocycles. The van der Waals surface area contributed by atoms with Crippen molar-refractivity contribution in [3.63, 3.8) is 0 Å². The lowest BCUT2D eigenvalue weighted by Crippen LogP contribution is -2.62. The number of nitrogens with one attached hydrogen (secondary N) is 2. The van der Waals surface area contributed by atoms with Crippen LogP contribution in [0, 0.1) is 23.7 Å². The van der Waals surface area contributed by atoms with Gasteiger partial charge in [-0.15, -0.1) is 0 Å². The summed E-state index contributed by atoms with van der Waals surface area (Å²) in [5, 5.41) is 18.6. The second-order valence-electron chi connectivity index (χ2n) is 19.9. The smallest absolute Gasteiger partial charge is 0.244 e. The minimum atomic E-state index is -0.602. The fraction of sp³-hybridized carbons (Fsp3) is 0.958. The number of aliphatic hydroxyl groups is 1. The fourth-order valence-electron chi connectivity index (χ4n) is 12.2. The maximum absolute atomic E-state index is 14.5. The summed E-state index contributed by atoms with van der Waals surface area (Å²) in [7, 11) is 0. The summed E-state index contributed by atoms with van der Waals surface area (Å²) in [6.45, 7) is 3.68. The van der Waals surface area contributed by atoms with Crippen LogP contribution < -0.4 is 10.6 Å². The third-order valence-electron chi connectivity index (χ3n) is 15.5. The minimum Gasteiger partial charge on any atom is -0.389 e. The van der Waals surface area contributed by atoms with Gasteiger partial charge in [0.15, 0.2) is 0 Å². The molecule has 6 fully saturated rings. The van der Waals surface area contributed by atoms with E-state index < -0.39 is 12.1 Å². The first-order chi connectivity index (χ1) is 27.5. The lowest BCUT2D eigenvalue weighted by atomic mass is 9.77. The van der Waals surface area contributed by atoms with E-state index >= 15 is 0 Å². The number of fused-ring (bicyclic) bond motifs is 1. The van der Waals surface area contributed by atoms with Crippen LogP contribution in [0.15, 0.2) is 0 Å². The Labute approximate surface area is 343 Å². The molecule has 4 saturated carbocycles. The number of unbranched alkanes of at least 4 members (excludes halogenated alkanes) is 2. The van der Waals surface area contributed by atoms with Crippen LogP contribution in [-0.4, -0.2) is 96.4 Å². The van der Waals surface area contributed by atoms with E-state index in [0.717, 1.165) is 56.4 Å². The topological polar surface area (TPSA) is 94.1 Å². The summed E-state index contributed by atoms with van der Waals surface area (Å²) >= 11 is 0. The number of carbonyl (C=O) groups excluding carboxylic acids is 2. The van der Waals surface area contributed by atoms with Crippen LogP contribution in [0.2, 0.25) is 0 Å². The van der Waals surface area contributed by atoms with Crippen molar-refractivity contribution in [2.75, 3.05) is 39.3 Å². The predicted molar refractivity (Wildman–Crippen MR) is 228 cm³/mol. The number of carbonyl (C=O) groups is 2. The number of rotatable bonds is 21. The maximum Gasteiger partial charge on any atom is 0.244 e. The Hall–Kier alpha value is -1.22. The van der Waals surface area contributed by atoms with Crippen LogP contribution in [-0.2, 0) is 14.3 Å². The molecule has 3 N–H and O–H groups in total. The van der Waals surface area contributed by atoms with Crippen molar-refractivity contribution in [2.24, 2.45) is 23.7 Å². The number of nitrogens with zero attached hydrogens (tertiary/aromatic N) is 2. The molecular formula is C48H86N4O4. The molecule has 0 aromatic heterocycles. The minimum absolute atomic E-state index is 0.0319. The van der Waals surface area contributed by atoms with Gasteiger partial charge in [-0.05, 0) is 75.7 Å². The zero-order valence-corrected chi connectivity index (χ0v) is 35.9. The Bertz CT molecular complexity index is 1080. The third-order valence-corrected chi connectivity index (χ3v) is 15.5. The van der Waals surface area contributed by atoms with Crippen molar-refractivity contribution in [1.29, 1.82) is 0 Å². The van der Waals surface area contributed by atoms with Crippen molar-refractivity contribution in [1.82, 2.24) is 20.4 Å². The molecule has 8 heteroatoms. The molecule has 5 atom stereocenters. The predicted octanol–water partition coefficient (Wildman–Crippen LogP) is 9.31. The van der Waals surface area contributed by atoms with Gasteiger partial charge in [0.05, 0.1) is 18.8 Å². The van der Waals surface area contributed by atoms with Crippen molar-refractivity contribution in [3.8, 4) is 0 Å². The number of piperidine rings is 1. The number of aliphatic hydroxyl groups excluding tert-OH is 1. The Balaban J connectivity index is 1.03. The van der Waals surface area contributed by atoms with Crippen molar-refractivity contribution in [2.45, 2.75) is 229 Å². The zero-order chi connectivity index (χ0) is 38.8. The number of hydrogen-bond acceptors (Lipinski definition) is 6. The van der Waals surface area contributed by atoms with E-state index in [2.05, 4.69) is 15.5 Å². The molecule has 2 saturated heterocycles. The van der Waals surface area contributed by atoms with Gasteiger partial charge in [-0.2, -0.15) is 0 Å². The van der Waals surface area contributed by atoms with Crippen molar-refractivity contribution in [3.05, 3.63) is 0 Å². The molecule has 0 spiro atoms. The van der Waals surface area contributed by atoms with Gasteiger partial charge >= 0.3 is 0 Å². The van der Waals surface area contributed by atoms with Crippen LogP contribution in [0.3, 0.4) is 0 Å². The summed E-state index contributed by atoms with van der Waals surface area (Å²) in [5.41, 5.74) is 0. The van der Waals surface area contributed by atoms with Crippen LogP contribution in [0.5, 0.6) is 0 Å². The number of ether oxygens (including phenoxy) is 1. The molecule has 6 aliphatic rings. The summed E-state index contributed by atoms with van der Waals surface area (Å²) < 4.78 is 6.45. The molecule has 0 aromatic carbocycles. The molecule has 0 bridgehead atoms. The van der Waals surface area contributed by atoms with E-state index in [1.807, 2.05) is 4.90 Å². The molecule has 4 unspecified atom stereocenters. The number of β-amino-alcohol motifs (C(OH)–C–C–N with tert-alkyl or cyclic N) is 1. The number of piperazine rings is 1. The highest BCUT2D eigenvalue weighted by molar-refractivity contribution is 5.88. The zero-order valence-electron chi connectivity index (χ0n) is 35.9. The molecule has 322 valence electrons. The van der Waals surface area contributed by atoms with E-state index in [4.69, 9.17) is 4.74 Å². The highest BCUT2D eigenvalue weighted by Crippen LogP contribution is 2.34. The fourth-order valence-corrected chi connectivity index (χ4v) is 12.2. The third kappa shape index (κ3) is 14.8. The van der Waals surface area contributed by atoms with Gasteiger partial charge in [0, 0.05) is 50.6 Å². The van der Waals surface area contributed by atoms with Gasteiger partial charge in [-0.1, -0.05) is 141 Å². The van der Waals surface area contributed by atoms with Gasteiger partial charge in [0.25, 0.3) is 0 Å². The summed E-state index contributed by atoms with van der Waals surface area (Å²) in [4.78, 5) is 32.6. The van der Waals surface area contributed by atoms with Gasteiger partial charge < -0.3 is 25.4 Å². The first-order valence-corrected chi connectivity index (χ1v) is 24.9. The quantitative estimate of drug-likeness (QED) is 0.101. The monoisotopic (exact) mass is 783 g/mol. The van der Waals surface area contributed by atoms with Gasteiger partial charge in [-0.3, -0.25) is 14.5 Å². The first kappa shape index (κ1) is 44.3. The molecule has 2 aliphatic heterocycles. The molecule has 0 radical (unpaired) electrons. The number of hydrogen-bond donors (Lipinski definition) is 3. The van der Waals surface area contributed by atoms with Crippen LogP contribution >= 0.6 is 0 Å². The highest BCUT2D eigenvalue weighted by atomic mass is 16.5. The Morgan fingerprint density at radius 2 is 1.30 bits per heavy atom. The molecular weight excluding hydrogens is 697 g/mol. The SMILES string of the molecule is O=C(NC(CCCC1CCCCC1)CCCC1CCCCC1)C1CN(C[C@H](O)COC2CCCC3NCCCC32)CCN1C(=O)CCCCCC1CCCCC1. The lowest BCUT2D eigenvalue weighted by molar-refractivity contribution is -0.145. The summed E-state index contributed by atoms with van der Waals surface area (Å²) in [5.74, 6) is 3.34. The van der Waals surface area contributed by atoms with E-state index in [1.165, 1.54) is 161 Å². The maximum atomic E-state index is 14.5. The normalized spacial score (nSPS) is 28.3. The van der Waals surface area contributed by atoms with Gasteiger partial charge in [0.1, 0.15) is 6.04 Å². The van der Waals surface area contributed by atoms with Crippen LogP contribution in [0.4, 0.5) is 0 Å². The highest BCUT2D eigenvalue weighted by Gasteiger charge is 2.38. The molecule has 56 heavy (non-hydrogen) atoms. The van der Waals surface area contributed by atoms with E-state index in [-0.39, 0.29) is 24.0 Å². The molecule has 0 aromatic rings. The summed E-state index contributed by atoms with van der Waals surface area (Å²) in [6.07, 6.45) is 38.5. The first-order valence-electron chi connectivity index (χ1n) is 24.9. The standard InChI is InChI=1S/C48H86N4O4/c53-42(37-56-46-30-15-29-44-43(46)28-16-32-49-44)35-51-33-34-52(47(54)31-12-4-11-19-38-17-5-1-6-18-38)45(36-51)48(55)50-41(26-13-24-39-20-7-2-8-21-39)27-14-25-40-22-9-3-10-23-40/h38-46,49,53H,1-37H2,(H,50,55)/t42-,43?,44?,45?,46?/m0/s1. The van der Waals surface area contributed by atoms with Gasteiger partial charge in [-0.25, -0.2) is 0 Å².